The molecule has 0 unspecified atom stereocenters. The van der Waals surface area contributed by atoms with Gasteiger partial charge in [0.05, 0.1) is 31.5 Å². The van der Waals surface area contributed by atoms with Crippen LogP contribution in [0.1, 0.15) is 22.7 Å². The van der Waals surface area contributed by atoms with Crippen molar-refractivity contribution in [3.05, 3.63) is 99.0 Å². The van der Waals surface area contributed by atoms with Crippen molar-refractivity contribution in [2.24, 2.45) is 0 Å². The average molecular weight is 529 g/mol. The summed E-state index contributed by atoms with van der Waals surface area (Å²) in [6.45, 7) is 0.344. The number of carbonyl (C=O) groups is 1. The van der Waals surface area contributed by atoms with Crippen molar-refractivity contribution < 1.29 is 19.0 Å². The zero-order chi connectivity index (χ0) is 24.9. The van der Waals surface area contributed by atoms with Crippen LogP contribution in [0.2, 0.25) is 10.0 Å². The number of thiocarbonyl (C=S) groups is 1. The Labute approximate surface area is 218 Å². The van der Waals surface area contributed by atoms with E-state index in [-0.39, 0.29) is 0 Å². The van der Waals surface area contributed by atoms with Crippen molar-refractivity contribution >= 4 is 52.2 Å². The lowest BCUT2D eigenvalue weighted by atomic mass is 9.92. The molecule has 0 fully saturated rings. The summed E-state index contributed by atoms with van der Waals surface area (Å²) in [6, 6.07) is 19.4. The molecule has 0 aliphatic carbocycles. The summed E-state index contributed by atoms with van der Waals surface area (Å²) in [4.78, 5) is 12.9. The third-order valence-corrected chi connectivity index (χ3v) is 6.16. The van der Waals surface area contributed by atoms with E-state index in [1.807, 2.05) is 48.5 Å². The predicted molar refractivity (Wildman–Crippen MR) is 141 cm³/mol. The van der Waals surface area contributed by atoms with Gasteiger partial charge in [0.1, 0.15) is 6.61 Å². The molecule has 1 heterocycles. The standard InChI is InChI=1S/C26H22Cl2N2O4S/c1-32-21-13-17(7-12-20(21)34-14-15-3-8-18(27)9-4-15)24-22(25(31)33-2)23(29-26(35)30-24)16-5-10-19(28)11-6-16/h3-13,24H,14H2,1-2H3,(H2,29,30,35)/t24-/m0/s1. The van der Waals surface area contributed by atoms with Gasteiger partial charge in [-0.25, -0.2) is 4.79 Å². The normalized spacial score (nSPS) is 15.2. The molecule has 0 bridgehead atoms. The first-order valence-electron chi connectivity index (χ1n) is 10.6. The molecule has 180 valence electrons. The number of ether oxygens (including phenoxy) is 3. The molecule has 2 N–H and O–H groups in total. The van der Waals surface area contributed by atoms with Gasteiger partial charge in [0.2, 0.25) is 0 Å². The fourth-order valence-corrected chi connectivity index (χ4v) is 4.19. The van der Waals surface area contributed by atoms with Gasteiger partial charge >= 0.3 is 5.97 Å². The molecule has 0 spiro atoms. The number of halogens is 2. The Morgan fingerprint density at radius 2 is 1.60 bits per heavy atom. The van der Waals surface area contributed by atoms with Crippen LogP contribution in [0, 0.1) is 0 Å². The maximum absolute atomic E-state index is 12.9. The summed E-state index contributed by atoms with van der Waals surface area (Å²) in [5.74, 6) is 0.577. The van der Waals surface area contributed by atoms with Crippen LogP contribution in [0.15, 0.2) is 72.3 Å². The molecule has 1 atom stereocenters. The van der Waals surface area contributed by atoms with Crippen LogP contribution in [0.3, 0.4) is 0 Å². The zero-order valence-corrected chi connectivity index (χ0v) is 21.3. The van der Waals surface area contributed by atoms with Crippen LogP contribution in [-0.2, 0) is 16.1 Å². The van der Waals surface area contributed by atoms with Gasteiger partial charge < -0.3 is 24.8 Å². The summed E-state index contributed by atoms with van der Waals surface area (Å²) >= 11 is 17.5. The Balaban J connectivity index is 1.70. The van der Waals surface area contributed by atoms with Gasteiger partial charge in [0, 0.05) is 10.0 Å². The minimum Gasteiger partial charge on any atom is -0.493 e. The summed E-state index contributed by atoms with van der Waals surface area (Å²) in [5.41, 5.74) is 3.38. The number of nitrogens with one attached hydrogen (secondary N) is 2. The van der Waals surface area contributed by atoms with E-state index < -0.39 is 12.0 Å². The Morgan fingerprint density at radius 1 is 0.943 bits per heavy atom. The van der Waals surface area contributed by atoms with E-state index in [9.17, 15) is 4.79 Å². The Bertz CT molecular complexity index is 1280. The van der Waals surface area contributed by atoms with Crippen molar-refractivity contribution in [3.63, 3.8) is 0 Å². The van der Waals surface area contributed by atoms with Crippen LogP contribution in [-0.4, -0.2) is 25.3 Å². The second-order valence-corrected chi connectivity index (χ2v) is 8.93. The van der Waals surface area contributed by atoms with Crippen molar-refractivity contribution in [3.8, 4) is 11.5 Å². The molecule has 0 aromatic heterocycles. The van der Waals surface area contributed by atoms with Crippen molar-refractivity contribution in [2.45, 2.75) is 12.6 Å². The van der Waals surface area contributed by atoms with Crippen LogP contribution < -0.4 is 20.1 Å². The molecule has 35 heavy (non-hydrogen) atoms. The Morgan fingerprint density at radius 3 is 2.23 bits per heavy atom. The molecule has 0 saturated carbocycles. The van der Waals surface area contributed by atoms with Gasteiger partial charge in [0.15, 0.2) is 16.6 Å². The first kappa shape index (κ1) is 24.9. The monoisotopic (exact) mass is 528 g/mol. The lowest BCUT2D eigenvalue weighted by molar-refractivity contribution is -0.136. The minimum absolute atomic E-state index is 0.344. The number of esters is 1. The minimum atomic E-state index is -0.582. The summed E-state index contributed by atoms with van der Waals surface area (Å²) in [7, 11) is 2.90. The summed E-state index contributed by atoms with van der Waals surface area (Å²) in [5, 5.41) is 7.88. The molecule has 0 amide bonds. The molecule has 6 nitrogen and oxygen atoms in total. The van der Waals surface area contributed by atoms with E-state index in [1.54, 1.807) is 25.3 Å². The highest BCUT2D eigenvalue weighted by atomic mass is 35.5. The van der Waals surface area contributed by atoms with E-state index in [0.717, 1.165) is 16.7 Å². The van der Waals surface area contributed by atoms with Gasteiger partial charge in [0.25, 0.3) is 0 Å². The quantitative estimate of drug-likeness (QED) is 0.301. The molecule has 1 aliphatic rings. The number of benzene rings is 3. The highest BCUT2D eigenvalue weighted by Crippen LogP contribution is 2.37. The predicted octanol–water partition coefficient (Wildman–Crippen LogP) is 5.68. The maximum atomic E-state index is 12.9. The molecule has 3 aromatic rings. The van der Waals surface area contributed by atoms with Crippen molar-refractivity contribution in [2.75, 3.05) is 14.2 Å². The number of carbonyl (C=O) groups excluding carboxylic acids is 1. The van der Waals surface area contributed by atoms with E-state index in [0.29, 0.717) is 44.5 Å². The van der Waals surface area contributed by atoms with E-state index >= 15 is 0 Å². The molecule has 1 aliphatic heterocycles. The SMILES string of the molecule is COC(=O)C1=C(c2ccc(Cl)cc2)NC(=S)N[C@H]1c1ccc(OCc2ccc(Cl)cc2)c(OC)c1. The van der Waals surface area contributed by atoms with E-state index in [4.69, 9.17) is 49.6 Å². The van der Waals surface area contributed by atoms with Gasteiger partial charge in [-0.1, -0.05) is 53.5 Å². The Hall–Kier alpha value is -3.26. The smallest absolute Gasteiger partial charge is 0.338 e. The third-order valence-electron chi connectivity index (χ3n) is 5.44. The first-order valence-corrected chi connectivity index (χ1v) is 11.8. The highest BCUT2D eigenvalue weighted by molar-refractivity contribution is 7.80. The molecule has 3 aromatic carbocycles. The molecule has 0 saturated heterocycles. The van der Waals surface area contributed by atoms with Gasteiger partial charge in [-0.3, -0.25) is 0 Å². The fraction of sp³-hybridized carbons (Fsp3) is 0.154. The topological polar surface area (TPSA) is 68.8 Å². The third kappa shape index (κ3) is 5.70. The second kappa shape index (κ2) is 11.0. The van der Waals surface area contributed by atoms with Crippen LogP contribution in [0.25, 0.3) is 5.70 Å². The van der Waals surface area contributed by atoms with Crippen molar-refractivity contribution in [1.82, 2.24) is 10.6 Å². The number of rotatable bonds is 7. The van der Waals surface area contributed by atoms with Crippen LogP contribution in [0.5, 0.6) is 11.5 Å². The summed E-state index contributed by atoms with van der Waals surface area (Å²) in [6.07, 6.45) is 0. The number of hydrogen-bond donors (Lipinski definition) is 2. The lowest BCUT2D eigenvalue weighted by Gasteiger charge is -2.31. The highest BCUT2D eigenvalue weighted by Gasteiger charge is 2.33. The van der Waals surface area contributed by atoms with Gasteiger partial charge in [-0.2, -0.15) is 0 Å². The van der Waals surface area contributed by atoms with E-state index in [2.05, 4.69) is 10.6 Å². The van der Waals surface area contributed by atoms with Gasteiger partial charge in [-0.05, 0) is 65.3 Å². The largest absolute Gasteiger partial charge is 0.493 e. The molecule has 4 rings (SSSR count). The van der Waals surface area contributed by atoms with Crippen LogP contribution >= 0.6 is 35.4 Å². The van der Waals surface area contributed by atoms with Crippen molar-refractivity contribution in [1.29, 1.82) is 0 Å². The molecular weight excluding hydrogens is 507 g/mol. The molecule has 0 radical (unpaired) electrons. The van der Waals surface area contributed by atoms with Gasteiger partial charge in [-0.15, -0.1) is 0 Å². The summed E-state index contributed by atoms with van der Waals surface area (Å²) < 4.78 is 16.7. The first-order chi connectivity index (χ1) is 16.9. The maximum Gasteiger partial charge on any atom is 0.338 e. The lowest BCUT2D eigenvalue weighted by Crippen LogP contribution is -2.45. The number of hydrogen-bond acceptors (Lipinski definition) is 5. The number of methoxy groups -OCH3 is 2. The average Bonchev–Trinajstić information content (AvgIpc) is 2.87. The van der Waals surface area contributed by atoms with Crippen LogP contribution in [0.4, 0.5) is 0 Å². The van der Waals surface area contributed by atoms with E-state index in [1.165, 1.54) is 7.11 Å². The molecular formula is C26H22Cl2N2O4S. The fourth-order valence-electron chi connectivity index (χ4n) is 3.71. The molecule has 9 heteroatoms. The zero-order valence-electron chi connectivity index (χ0n) is 18.9. The Kier molecular flexibility index (Phi) is 7.80. The second-order valence-electron chi connectivity index (χ2n) is 7.64.